The van der Waals surface area contributed by atoms with E-state index in [9.17, 15) is 4.79 Å². The Kier molecular flexibility index (Phi) is 7.72. The number of likely N-dealkylation sites (tertiary alicyclic amines) is 1. The van der Waals surface area contributed by atoms with E-state index in [4.69, 9.17) is 0 Å². The molecule has 0 aromatic rings. The number of nitrogens with one attached hydrogen (secondary N) is 2. The van der Waals surface area contributed by atoms with Crippen molar-refractivity contribution in [2.24, 2.45) is 0 Å². The number of carbonyl (C=O) groups excluding carboxylic acids is 1. The maximum Gasteiger partial charge on any atom is 0.234 e. The van der Waals surface area contributed by atoms with Crippen LogP contribution in [-0.2, 0) is 4.79 Å². The molecule has 0 radical (unpaired) electrons. The summed E-state index contributed by atoms with van der Waals surface area (Å²) in [5.41, 5.74) is 0. The third-order valence-electron chi connectivity index (χ3n) is 2.74. The molecule has 1 aliphatic rings. The minimum Gasteiger partial charge on any atom is -0.353 e. The molecule has 16 heavy (non-hydrogen) atoms. The van der Waals surface area contributed by atoms with Crippen molar-refractivity contribution in [2.45, 2.75) is 38.8 Å². The zero-order valence-corrected chi connectivity index (χ0v) is 11.3. The summed E-state index contributed by atoms with van der Waals surface area (Å²) in [4.78, 5) is 13.9. The molecule has 1 atom stereocenters. The van der Waals surface area contributed by atoms with Crippen molar-refractivity contribution in [2.75, 3.05) is 26.7 Å². The van der Waals surface area contributed by atoms with Crippen molar-refractivity contribution in [3.8, 4) is 0 Å². The third kappa shape index (κ3) is 5.14. The number of rotatable bonds is 5. The first kappa shape index (κ1) is 15.7. The lowest BCUT2D eigenvalue weighted by Crippen LogP contribution is -2.44. The molecule has 0 bridgehead atoms. The van der Waals surface area contributed by atoms with E-state index in [0.29, 0.717) is 12.6 Å². The van der Waals surface area contributed by atoms with E-state index >= 15 is 0 Å². The Morgan fingerprint density at radius 1 is 1.50 bits per heavy atom. The molecule has 0 spiro atoms. The summed E-state index contributed by atoms with van der Waals surface area (Å²) in [6.07, 6.45) is 2.41. The Labute approximate surface area is 105 Å². The quantitative estimate of drug-likeness (QED) is 0.751. The van der Waals surface area contributed by atoms with Crippen LogP contribution >= 0.6 is 12.4 Å². The molecule has 0 saturated carbocycles. The summed E-state index contributed by atoms with van der Waals surface area (Å²) < 4.78 is 0. The predicted molar refractivity (Wildman–Crippen MR) is 69.0 cm³/mol. The number of nitrogens with zero attached hydrogens (tertiary/aromatic N) is 1. The highest BCUT2D eigenvalue weighted by atomic mass is 35.5. The van der Waals surface area contributed by atoms with Crippen LogP contribution in [0.2, 0.25) is 0 Å². The summed E-state index contributed by atoms with van der Waals surface area (Å²) in [6.45, 7) is 6.57. The molecule has 5 heteroatoms. The molecule has 1 aliphatic heterocycles. The highest BCUT2D eigenvalue weighted by Crippen LogP contribution is 2.15. The fourth-order valence-electron chi connectivity index (χ4n) is 2.12. The number of likely N-dealkylation sites (N-methyl/N-ethyl adjacent to an activating group) is 1. The molecule has 1 fully saturated rings. The normalized spacial score (nSPS) is 20.9. The van der Waals surface area contributed by atoms with Crippen LogP contribution in [0.3, 0.4) is 0 Å². The van der Waals surface area contributed by atoms with Crippen molar-refractivity contribution >= 4 is 18.3 Å². The maximum absolute atomic E-state index is 11.6. The van der Waals surface area contributed by atoms with Gasteiger partial charge in [0, 0.05) is 18.6 Å². The average Bonchev–Trinajstić information content (AvgIpc) is 2.52. The molecular formula is C11H24ClN3O. The van der Waals surface area contributed by atoms with Gasteiger partial charge in [-0.25, -0.2) is 0 Å². The van der Waals surface area contributed by atoms with Gasteiger partial charge >= 0.3 is 0 Å². The zero-order chi connectivity index (χ0) is 11.3. The topological polar surface area (TPSA) is 44.4 Å². The first-order chi connectivity index (χ1) is 7.13. The molecule has 96 valence electrons. The molecule has 1 unspecified atom stereocenters. The highest BCUT2D eigenvalue weighted by molar-refractivity contribution is 5.85. The Hall–Kier alpha value is -0.320. The van der Waals surface area contributed by atoms with Crippen molar-refractivity contribution in [3.05, 3.63) is 0 Å². The fourth-order valence-corrected chi connectivity index (χ4v) is 2.12. The second-order valence-electron chi connectivity index (χ2n) is 4.55. The van der Waals surface area contributed by atoms with Crippen LogP contribution < -0.4 is 10.6 Å². The Balaban J connectivity index is 0.00000225. The molecule has 1 amide bonds. The van der Waals surface area contributed by atoms with Gasteiger partial charge in [0.05, 0.1) is 6.54 Å². The van der Waals surface area contributed by atoms with Crippen LogP contribution in [0.4, 0.5) is 0 Å². The minimum atomic E-state index is 0. The first-order valence-electron chi connectivity index (χ1n) is 5.81. The Bertz CT molecular complexity index is 211. The smallest absolute Gasteiger partial charge is 0.234 e. The van der Waals surface area contributed by atoms with Crippen molar-refractivity contribution in [1.82, 2.24) is 15.5 Å². The second-order valence-corrected chi connectivity index (χ2v) is 4.55. The van der Waals surface area contributed by atoms with E-state index in [1.54, 1.807) is 0 Å². The largest absolute Gasteiger partial charge is 0.353 e. The van der Waals surface area contributed by atoms with Gasteiger partial charge in [-0.3, -0.25) is 9.69 Å². The van der Waals surface area contributed by atoms with Crippen molar-refractivity contribution < 1.29 is 4.79 Å². The van der Waals surface area contributed by atoms with Gasteiger partial charge in [0.1, 0.15) is 0 Å². The first-order valence-corrected chi connectivity index (χ1v) is 5.81. The van der Waals surface area contributed by atoms with Gasteiger partial charge in [-0.1, -0.05) is 0 Å². The van der Waals surface area contributed by atoms with Gasteiger partial charge in [-0.15, -0.1) is 12.4 Å². The Morgan fingerprint density at radius 3 is 2.75 bits per heavy atom. The molecular weight excluding hydrogens is 226 g/mol. The zero-order valence-electron chi connectivity index (χ0n) is 10.5. The van der Waals surface area contributed by atoms with E-state index in [1.165, 1.54) is 12.8 Å². The van der Waals surface area contributed by atoms with E-state index < -0.39 is 0 Å². The number of hydrogen-bond acceptors (Lipinski definition) is 3. The van der Waals surface area contributed by atoms with Crippen LogP contribution in [0, 0.1) is 0 Å². The minimum absolute atomic E-state index is 0. The molecule has 1 heterocycles. The van der Waals surface area contributed by atoms with Gasteiger partial charge in [-0.05, 0) is 40.3 Å². The molecule has 1 rings (SSSR count). The Morgan fingerprint density at radius 2 is 2.19 bits per heavy atom. The summed E-state index contributed by atoms with van der Waals surface area (Å²) >= 11 is 0. The molecule has 2 N–H and O–H groups in total. The lowest BCUT2D eigenvalue weighted by molar-refractivity contribution is -0.122. The lowest BCUT2D eigenvalue weighted by Gasteiger charge is -2.24. The van der Waals surface area contributed by atoms with Crippen molar-refractivity contribution in [1.29, 1.82) is 0 Å². The second kappa shape index (κ2) is 7.87. The van der Waals surface area contributed by atoms with E-state index in [2.05, 4.69) is 15.5 Å². The average molecular weight is 250 g/mol. The van der Waals surface area contributed by atoms with Gasteiger partial charge in [0.25, 0.3) is 0 Å². The highest BCUT2D eigenvalue weighted by Gasteiger charge is 2.25. The lowest BCUT2D eigenvalue weighted by atomic mass is 10.2. The SMILES string of the molecule is CNCC1CCCN1CC(=O)NC(C)C.Cl. The molecule has 0 aromatic heterocycles. The molecule has 0 aliphatic carbocycles. The van der Waals surface area contributed by atoms with Crippen LogP contribution in [0.1, 0.15) is 26.7 Å². The summed E-state index contributed by atoms with van der Waals surface area (Å²) in [7, 11) is 1.96. The summed E-state index contributed by atoms with van der Waals surface area (Å²) in [5, 5.41) is 6.11. The van der Waals surface area contributed by atoms with Crippen molar-refractivity contribution in [3.63, 3.8) is 0 Å². The third-order valence-corrected chi connectivity index (χ3v) is 2.74. The van der Waals surface area contributed by atoms with Gasteiger partial charge < -0.3 is 10.6 Å². The number of hydrogen-bond donors (Lipinski definition) is 2. The molecule has 1 saturated heterocycles. The van der Waals surface area contributed by atoms with E-state index in [0.717, 1.165) is 13.1 Å². The van der Waals surface area contributed by atoms with Crippen LogP contribution in [0.15, 0.2) is 0 Å². The van der Waals surface area contributed by atoms with E-state index in [1.807, 2.05) is 20.9 Å². The van der Waals surface area contributed by atoms with Crippen LogP contribution in [-0.4, -0.2) is 49.6 Å². The maximum atomic E-state index is 11.6. The fraction of sp³-hybridized carbons (Fsp3) is 0.909. The predicted octanol–water partition coefficient (Wildman–Crippen LogP) is 0.617. The number of halogens is 1. The van der Waals surface area contributed by atoms with Gasteiger partial charge in [0.2, 0.25) is 5.91 Å². The number of amides is 1. The van der Waals surface area contributed by atoms with Gasteiger partial charge in [0.15, 0.2) is 0 Å². The summed E-state index contributed by atoms with van der Waals surface area (Å²) in [6, 6.07) is 0.774. The standard InChI is InChI=1S/C11H23N3O.ClH/c1-9(2)13-11(15)8-14-6-4-5-10(14)7-12-3;/h9-10,12H,4-8H2,1-3H3,(H,13,15);1H. The van der Waals surface area contributed by atoms with Crippen LogP contribution in [0.25, 0.3) is 0 Å². The summed E-state index contributed by atoms with van der Waals surface area (Å²) in [5.74, 6) is 0.146. The molecule has 4 nitrogen and oxygen atoms in total. The molecule has 0 aromatic carbocycles. The van der Waals surface area contributed by atoms with E-state index in [-0.39, 0.29) is 24.4 Å². The number of carbonyl (C=O) groups is 1. The van der Waals surface area contributed by atoms with Crippen LogP contribution in [0.5, 0.6) is 0 Å². The monoisotopic (exact) mass is 249 g/mol. The van der Waals surface area contributed by atoms with Gasteiger partial charge in [-0.2, -0.15) is 0 Å².